The zero-order valence-corrected chi connectivity index (χ0v) is 22.7. The van der Waals surface area contributed by atoms with Crippen LogP contribution in [0.4, 0.5) is 5.69 Å². The Morgan fingerprint density at radius 2 is 1.47 bits per heavy atom. The second-order valence-electron chi connectivity index (χ2n) is 10.2. The molecule has 1 aromatic heterocycles. The molecule has 0 bridgehead atoms. The van der Waals surface area contributed by atoms with Crippen molar-refractivity contribution in [1.82, 2.24) is 0 Å². The fraction of sp³-hybridized carbons (Fsp3) is 0.259. The van der Waals surface area contributed by atoms with E-state index in [2.05, 4.69) is 98.1 Å². The van der Waals surface area contributed by atoms with Crippen LogP contribution in [-0.2, 0) is 6.61 Å². The lowest BCUT2D eigenvalue weighted by Gasteiger charge is -2.46. The number of benzene rings is 3. The Bertz CT molecular complexity index is 1170. The highest BCUT2D eigenvalue weighted by molar-refractivity contribution is 7.22. The van der Waals surface area contributed by atoms with Crippen molar-refractivity contribution in [3.63, 3.8) is 0 Å². The summed E-state index contributed by atoms with van der Waals surface area (Å²) in [5.41, 5.74) is 3.77. The van der Waals surface area contributed by atoms with Gasteiger partial charge >= 0.3 is 0 Å². The third kappa shape index (κ3) is 5.17. The average Bonchev–Trinajstić information content (AvgIpc) is 3.15. The lowest BCUT2D eigenvalue weighted by atomic mass is 10.1. The Hall–Kier alpha value is -2.35. The molecule has 0 N–H and O–H groups in total. The first-order valence-corrected chi connectivity index (χ1v) is 18.9. The SMILES string of the molecule is C[Si](C)(C)N(c1ccc(-c2[c]c3ccc(OCc4ccccc4)cc3s2)cc1)[Si](C)(C)C. The van der Waals surface area contributed by atoms with Crippen LogP contribution in [0.5, 0.6) is 5.75 Å². The number of nitrogens with zero attached hydrogens (tertiary/aromatic N) is 1. The highest BCUT2D eigenvalue weighted by Crippen LogP contribution is 2.36. The minimum Gasteiger partial charge on any atom is -0.489 e. The molecule has 0 atom stereocenters. The van der Waals surface area contributed by atoms with Gasteiger partial charge < -0.3 is 8.97 Å². The van der Waals surface area contributed by atoms with Crippen molar-refractivity contribution in [3.8, 4) is 16.2 Å². The molecule has 0 spiro atoms. The first kappa shape index (κ1) is 22.8. The Labute approximate surface area is 198 Å². The quantitative estimate of drug-likeness (QED) is 0.249. The Kier molecular flexibility index (Phi) is 6.34. The smallest absolute Gasteiger partial charge is 0.138 e. The molecule has 0 aliphatic rings. The number of hydrogen-bond acceptors (Lipinski definition) is 3. The molecule has 0 amide bonds. The van der Waals surface area contributed by atoms with Gasteiger partial charge in [0.05, 0.1) is 0 Å². The number of anilines is 1. The number of thiophene rings is 1. The van der Waals surface area contributed by atoms with Crippen molar-refractivity contribution in [3.05, 3.63) is 84.4 Å². The van der Waals surface area contributed by atoms with Crippen LogP contribution >= 0.6 is 11.3 Å². The number of rotatable bonds is 7. The monoisotopic (exact) mass is 474 g/mol. The number of fused-ring (bicyclic) bond motifs is 1. The molecule has 0 fully saturated rings. The van der Waals surface area contributed by atoms with Crippen LogP contribution in [-0.4, -0.2) is 16.5 Å². The molecule has 32 heavy (non-hydrogen) atoms. The summed E-state index contributed by atoms with van der Waals surface area (Å²) >= 11 is 1.78. The fourth-order valence-electron chi connectivity index (χ4n) is 4.45. The highest BCUT2D eigenvalue weighted by Gasteiger charge is 2.34. The van der Waals surface area contributed by atoms with Crippen LogP contribution in [0.15, 0.2) is 72.8 Å². The molecule has 4 rings (SSSR count). The highest BCUT2D eigenvalue weighted by atomic mass is 32.1. The lowest BCUT2D eigenvalue weighted by molar-refractivity contribution is 0.306. The summed E-state index contributed by atoms with van der Waals surface area (Å²) in [6, 6.07) is 29.3. The average molecular weight is 475 g/mol. The van der Waals surface area contributed by atoms with Gasteiger partial charge in [-0.1, -0.05) is 81.7 Å². The van der Waals surface area contributed by atoms with Gasteiger partial charge in [-0.15, -0.1) is 11.3 Å². The van der Waals surface area contributed by atoms with Crippen molar-refractivity contribution >= 4 is 43.6 Å². The molecule has 0 unspecified atom stereocenters. The second-order valence-corrected chi connectivity index (χ2v) is 21.3. The summed E-state index contributed by atoms with van der Waals surface area (Å²) in [4.78, 5) is 1.18. The van der Waals surface area contributed by atoms with Gasteiger partial charge in [0.2, 0.25) is 0 Å². The van der Waals surface area contributed by atoms with E-state index in [1.807, 2.05) is 24.3 Å². The molecular weight excluding hydrogens is 443 g/mol. The van der Waals surface area contributed by atoms with Gasteiger partial charge in [0.25, 0.3) is 0 Å². The van der Waals surface area contributed by atoms with Gasteiger partial charge in [-0.05, 0) is 41.5 Å². The Morgan fingerprint density at radius 1 is 0.812 bits per heavy atom. The minimum atomic E-state index is -1.45. The standard InChI is InChI=1S/C27H32NOSSi2/c1-31(2,3)28(32(4,5)6)24-15-12-22(13-16-24)26-18-23-14-17-25(19-27(23)30-26)29-20-21-10-8-7-9-11-21/h7-17,19H,20H2,1-6H3. The third-order valence-corrected chi connectivity index (χ3v) is 13.7. The molecule has 1 radical (unpaired) electrons. The van der Waals surface area contributed by atoms with Crippen LogP contribution in [0.25, 0.3) is 20.5 Å². The maximum atomic E-state index is 6.02. The number of ether oxygens (including phenoxy) is 1. The van der Waals surface area contributed by atoms with Crippen LogP contribution in [0.1, 0.15) is 5.56 Å². The van der Waals surface area contributed by atoms with E-state index in [1.54, 1.807) is 11.3 Å². The van der Waals surface area contributed by atoms with Crippen LogP contribution < -0.4 is 8.97 Å². The molecule has 4 aromatic rings. The summed E-state index contributed by atoms with van der Waals surface area (Å²) in [5.74, 6) is 0.902. The van der Waals surface area contributed by atoms with Crippen molar-refractivity contribution in [2.75, 3.05) is 4.23 Å². The van der Waals surface area contributed by atoms with Crippen molar-refractivity contribution < 1.29 is 4.74 Å². The molecule has 165 valence electrons. The number of hydrogen-bond donors (Lipinski definition) is 0. The molecule has 1 heterocycles. The maximum Gasteiger partial charge on any atom is 0.138 e. The van der Waals surface area contributed by atoms with Crippen LogP contribution in [0, 0.1) is 6.07 Å². The predicted octanol–water partition coefficient (Wildman–Crippen LogP) is 8.42. The van der Waals surface area contributed by atoms with E-state index in [4.69, 9.17) is 4.74 Å². The van der Waals surface area contributed by atoms with E-state index in [0.29, 0.717) is 6.61 Å². The molecule has 0 aliphatic heterocycles. The maximum absolute atomic E-state index is 6.02. The molecular formula is C27H32NOSSi2. The summed E-state index contributed by atoms with van der Waals surface area (Å²) in [7, 11) is -2.90. The Balaban J connectivity index is 1.56. The Morgan fingerprint density at radius 3 is 2.09 bits per heavy atom. The van der Waals surface area contributed by atoms with Crippen molar-refractivity contribution in [2.24, 2.45) is 0 Å². The predicted molar refractivity (Wildman–Crippen MR) is 146 cm³/mol. The normalized spacial score (nSPS) is 12.2. The fourth-order valence-corrected chi connectivity index (χ4v) is 15.4. The van der Waals surface area contributed by atoms with Crippen molar-refractivity contribution in [1.29, 1.82) is 0 Å². The molecule has 0 saturated carbocycles. The first-order chi connectivity index (χ1) is 15.1. The molecule has 2 nitrogen and oxygen atoms in total. The zero-order chi connectivity index (χ0) is 22.9. The molecule has 0 aliphatic carbocycles. The third-order valence-electron chi connectivity index (χ3n) is 5.39. The van der Waals surface area contributed by atoms with Gasteiger partial charge in [-0.3, -0.25) is 0 Å². The van der Waals surface area contributed by atoms with Gasteiger partial charge in [0.15, 0.2) is 0 Å². The van der Waals surface area contributed by atoms with E-state index in [0.717, 1.165) is 11.1 Å². The summed E-state index contributed by atoms with van der Waals surface area (Å²) in [5, 5.41) is 1.15. The van der Waals surface area contributed by atoms with E-state index in [9.17, 15) is 0 Å². The zero-order valence-electron chi connectivity index (χ0n) is 19.9. The van der Waals surface area contributed by atoms with Crippen LogP contribution in [0.2, 0.25) is 39.3 Å². The minimum absolute atomic E-state index is 0.584. The summed E-state index contributed by atoms with van der Waals surface area (Å²) in [6.45, 7) is 15.2. The van der Waals surface area contributed by atoms with Gasteiger partial charge in [0, 0.05) is 26.7 Å². The van der Waals surface area contributed by atoms with E-state index in [1.165, 1.54) is 26.4 Å². The van der Waals surface area contributed by atoms with Gasteiger partial charge in [-0.25, -0.2) is 0 Å². The first-order valence-electron chi connectivity index (χ1n) is 11.1. The molecule has 0 saturated heterocycles. The van der Waals surface area contributed by atoms with Gasteiger partial charge in [0.1, 0.15) is 28.8 Å². The van der Waals surface area contributed by atoms with E-state index < -0.39 is 16.5 Å². The summed E-state index contributed by atoms with van der Waals surface area (Å²) < 4.78 is 9.98. The van der Waals surface area contributed by atoms with Gasteiger partial charge in [-0.2, -0.15) is 0 Å². The molecule has 5 heteroatoms. The lowest BCUT2D eigenvalue weighted by Crippen LogP contribution is -2.59. The topological polar surface area (TPSA) is 12.5 Å². The van der Waals surface area contributed by atoms with E-state index >= 15 is 0 Å². The van der Waals surface area contributed by atoms with Crippen LogP contribution in [0.3, 0.4) is 0 Å². The molecule has 3 aromatic carbocycles. The largest absolute Gasteiger partial charge is 0.489 e. The van der Waals surface area contributed by atoms with Crippen molar-refractivity contribution in [2.45, 2.75) is 45.9 Å². The van der Waals surface area contributed by atoms with E-state index in [-0.39, 0.29) is 0 Å². The second kappa shape index (κ2) is 8.89. The summed E-state index contributed by atoms with van der Waals surface area (Å²) in [6.07, 6.45) is 0.